The summed E-state index contributed by atoms with van der Waals surface area (Å²) in [4.78, 5) is 4.44. The SMILES string of the molecule is CCNC(=NCc1nnc2ccccn12)NCCS(=O)(=O)Nc1ccc(C)c(F)c1.I. The quantitative estimate of drug-likeness (QED) is 0.221. The van der Waals surface area contributed by atoms with E-state index in [0.29, 0.717) is 23.9 Å². The lowest BCUT2D eigenvalue weighted by molar-refractivity contribution is 0.599. The molecule has 168 valence electrons. The van der Waals surface area contributed by atoms with E-state index in [-0.39, 0.29) is 48.5 Å². The topological polar surface area (TPSA) is 113 Å². The van der Waals surface area contributed by atoms with Crippen LogP contribution in [0, 0.1) is 12.7 Å². The zero-order chi connectivity index (χ0) is 21.6. The molecule has 2 heterocycles. The minimum absolute atomic E-state index is 0. The molecule has 0 spiro atoms. The minimum Gasteiger partial charge on any atom is -0.357 e. The molecule has 2 aromatic heterocycles. The molecule has 0 bridgehead atoms. The number of anilines is 1. The number of fused-ring (bicyclic) bond motifs is 1. The summed E-state index contributed by atoms with van der Waals surface area (Å²) in [6.07, 6.45) is 1.85. The van der Waals surface area contributed by atoms with E-state index in [1.54, 1.807) is 6.92 Å². The Bertz CT molecular complexity index is 1150. The Hall–Kier alpha value is -2.48. The van der Waals surface area contributed by atoms with E-state index in [0.717, 1.165) is 11.7 Å². The van der Waals surface area contributed by atoms with E-state index < -0.39 is 15.8 Å². The Labute approximate surface area is 197 Å². The van der Waals surface area contributed by atoms with Crippen LogP contribution in [0.2, 0.25) is 0 Å². The summed E-state index contributed by atoms with van der Waals surface area (Å²) in [5.74, 6) is 0.456. The molecule has 0 amide bonds. The van der Waals surface area contributed by atoms with Crippen molar-refractivity contribution in [1.29, 1.82) is 0 Å². The van der Waals surface area contributed by atoms with E-state index in [9.17, 15) is 12.8 Å². The average molecular weight is 561 g/mol. The maximum atomic E-state index is 13.6. The molecule has 1 aromatic carbocycles. The summed E-state index contributed by atoms with van der Waals surface area (Å²) >= 11 is 0. The van der Waals surface area contributed by atoms with Crippen LogP contribution in [0.25, 0.3) is 5.65 Å². The molecule has 0 radical (unpaired) electrons. The van der Waals surface area contributed by atoms with Crippen LogP contribution < -0.4 is 15.4 Å². The number of benzene rings is 1. The lowest BCUT2D eigenvalue weighted by Gasteiger charge is -2.12. The van der Waals surface area contributed by atoms with Crippen LogP contribution in [0.5, 0.6) is 0 Å². The van der Waals surface area contributed by atoms with Gasteiger partial charge in [-0.25, -0.2) is 17.8 Å². The summed E-state index contributed by atoms with van der Waals surface area (Å²) in [7, 11) is -3.65. The van der Waals surface area contributed by atoms with Gasteiger partial charge in [0.2, 0.25) is 10.0 Å². The number of aliphatic imine (C=N–C) groups is 1. The Morgan fingerprint density at radius 3 is 2.74 bits per heavy atom. The largest absolute Gasteiger partial charge is 0.357 e. The highest BCUT2D eigenvalue weighted by Gasteiger charge is 2.12. The Kier molecular flexibility index (Phi) is 8.98. The molecule has 0 saturated carbocycles. The van der Waals surface area contributed by atoms with E-state index in [1.165, 1.54) is 12.1 Å². The van der Waals surface area contributed by atoms with E-state index >= 15 is 0 Å². The smallest absolute Gasteiger partial charge is 0.234 e. The number of rotatable bonds is 8. The van der Waals surface area contributed by atoms with E-state index in [4.69, 9.17) is 0 Å². The molecule has 0 fully saturated rings. The number of hydrogen-bond acceptors (Lipinski definition) is 5. The van der Waals surface area contributed by atoms with Gasteiger partial charge in [0.05, 0.1) is 11.4 Å². The molecule has 3 aromatic rings. The molecule has 3 rings (SSSR count). The fraction of sp³-hybridized carbons (Fsp3) is 0.316. The molecule has 31 heavy (non-hydrogen) atoms. The molecular weight excluding hydrogens is 536 g/mol. The van der Waals surface area contributed by atoms with Crippen LogP contribution in [-0.2, 0) is 16.6 Å². The molecule has 0 aliphatic heterocycles. The minimum atomic E-state index is -3.65. The first-order valence-electron chi connectivity index (χ1n) is 9.45. The third-order valence-electron chi connectivity index (χ3n) is 4.22. The number of sulfonamides is 1. The number of pyridine rings is 1. The number of aromatic nitrogens is 3. The maximum absolute atomic E-state index is 13.6. The van der Waals surface area contributed by atoms with Gasteiger partial charge in [0.15, 0.2) is 17.4 Å². The molecule has 0 atom stereocenters. The van der Waals surface area contributed by atoms with Gasteiger partial charge in [-0.15, -0.1) is 34.2 Å². The second-order valence-corrected chi connectivity index (χ2v) is 8.39. The number of hydrogen-bond donors (Lipinski definition) is 3. The predicted octanol–water partition coefficient (Wildman–Crippen LogP) is 2.29. The van der Waals surface area contributed by atoms with Gasteiger partial charge in [-0.2, -0.15) is 0 Å². The normalized spacial score (nSPS) is 11.8. The van der Waals surface area contributed by atoms with Gasteiger partial charge in [0.25, 0.3) is 0 Å². The molecule has 0 aliphatic rings. The van der Waals surface area contributed by atoms with Gasteiger partial charge in [0, 0.05) is 19.3 Å². The van der Waals surface area contributed by atoms with Crippen molar-refractivity contribution in [2.24, 2.45) is 4.99 Å². The zero-order valence-electron chi connectivity index (χ0n) is 17.2. The van der Waals surface area contributed by atoms with Crippen LogP contribution in [-0.4, -0.2) is 47.8 Å². The number of halogens is 2. The van der Waals surface area contributed by atoms with E-state index in [1.807, 2.05) is 35.7 Å². The Morgan fingerprint density at radius 1 is 1.19 bits per heavy atom. The molecule has 12 heteroatoms. The van der Waals surface area contributed by atoms with Gasteiger partial charge < -0.3 is 10.6 Å². The van der Waals surface area contributed by atoms with Crippen LogP contribution in [0.3, 0.4) is 0 Å². The van der Waals surface area contributed by atoms with Crippen molar-refractivity contribution < 1.29 is 12.8 Å². The van der Waals surface area contributed by atoms with Crippen molar-refractivity contribution in [2.75, 3.05) is 23.6 Å². The van der Waals surface area contributed by atoms with Crippen LogP contribution >= 0.6 is 24.0 Å². The number of guanidine groups is 1. The monoisotopic (exact) mass is 561 g/mol. The second kappa shape index (κ2) is 11.2. The first-order valence-corrected chi connectivity index (χ1v) is 11.1. The predicted molar refractivity (Wildman–Crippen MR) is 130 cm³/mol. The average Bonchev–Trinajstić information content (AvgIpc) is 3.12. The highest BCUT2D eigenvalue weighted by molar-refractivity contribution is 14.0. The standard InChI is InChI=1S/C19H24FN7O2S.HI/c1-3-21-19(23-13-18-25-24-17-6-4-5-10-27(17)18)22-9-11-30(28,29)26-15-8-7-14(2)16(20)12-15;/h4-8,10,12,26H,3,9,11,13H2,1-2H3,(H2,21,22,23);1H. The van der Waals surface area contributed by atoms with Crippen molar-refractivity contribution in [2.45, 2.75) is 20.4 Å². The lowest BCUT2D eigenvalue weighted by Crippen LogP contribution is -2.40. The molecule has 0 aliphatic carbocycles. The molecule has 9 nitrogen and oxygen atoms in total. The summed E-state index contributed by atoms with van der Waals surface area (Å²) in [6, 6.07) is 9.82. The van der Waals surface area contributed by atoms with Crippen molar-refractivity contribution in [3.63, 3.8) is 0 Å². The molecule has 3 N–H and O–H groups in total. The number of nitrogens with zero attached hydrogens (tertiary/aromatic N) is 4. The lowest BCUT2D eigenvalue weighted by atomic mass is 10.2. The van der Waals surface area contributed by atoms with Gasteiger partial charge in [0.1, 0.15) is 12.4 Å². The Morgan fingerprint density at radius 2 is 2.00 bits per heavy atom. The first-order chi connectivity index (χ1) is 14.4. The third-order valence-corrected chi connectivity index (χ3v) is 5.50. The highest BCUT2D eigenvalue weighted by Crippen LogP contribution is 2.14. The maximum Gasteiger partial charge on any atom is 0.234 e. The summed E-state index contributed by atoms with van der Waals surface area (Å²) in [6.45, 7) is 4.53. The summed E-state index contributed by atoms with van der Waals surface area (Å²) < 4.78 is 42.4. The van der Waals surface area contributed by atoms with Crippen molar-refractivity contribution >= 4 is 51.3 Å². The van der Waals surface area contributed by atoms with Gasteiger partial charge in [-0.3, -0.25) is 9.12 Å². The summed E-state index contributed by atoms with van der Waals surface area (Å²) in [5.41, 5.74) is 1.37. The van der Waals surface area contributed by atoms with Crippen molar-refractivity contribution in [3.05, 3.63) is 59.8 Å². The van der Waals surface area contributed by atoms with Gasteiger partial charge in [-0.05, 0) is 43.7 Å². The van der Waals surface area contributed by atoms with E-state index in [2.05, 4.69) is 30.5 Å². The second-order valence-electron chi connectivity index (χ2n) is 6.55. The molecule has 0 unspecified atom stereocenters. The van der Waals surface area contributed by atoms with Gasteiger partial charge in [-0.1, -0.05) is 12.1 Å². The van der Waals surface area contributed by atoms with Crippen molar-refractivity contribution in [3.8, 4) is 0 Å². The van der Waals surface area contributed by atoms with Crippen LogP contribution in [0.1, 0.15) is 18.3 Å². The third kappa shape index (κ3) is 7.02. The molecule has 0 saturated heterocycles. The number of nitrogens with one attached hydrogen (secondary N) is 3. The zero-order valence-corrected chi connectivity index (χ0v) is 20.3. The number of aryl methyl sites for hydroxylation is 1. The molecular formula is C19H25FIN7O2S. The highest BCUT2D eigenvalue weighted by atomic mass is 127. The van der Waals surface area contributed by atoms with Crippen molar-refractivity contribution in [1.82, 2.24) is 25.2 Å². The van der Waals surface area contributed by atoms with Gasteiger partial charge >= 0.3 is 0 Å². The van der Waals surface area contributed by atoms with Crippen LogP contribution in [0.4, 0.5) is 10.1 Å². The fourth-order valence-electron chi connectivity index (χ4n) is 2.68. The summed E-state index contributed by atoms with van der Waals surface area (Å²) in [5, 5.41) is 14.2. The first kappa shape index (κ1) is 24.8. The Balaban J connectivity index is 0.00000341. The van der Waals surface area contributed by atoms with Crippen LogP contribution in [0.15, 0.2) is 47.6 Å². The fourth-order valence-corrected chi connectivity index (χ4v) is 3.64.